The molecule has 0 bridgehead atoms. The van der Waals surface area contributed by atoms with E-state index in [-0.39, 0.29) is 31.3 Å². The molecule has 0 atom stereocenters. The molecule has 0 saturated carbocycles. The van der Waals surface area contributed by atoms with Gasteiger partial charge in [-0.2, -0.15) is 0 Å². The van der Waals surface area contributed by atoms with Crippen LogP contribution in [0.4, 0.5) is 0 Å². The fourth-order valence-electron chi connectivity index (χ4n) is 2.50. The van der Waals surface area contributed by atoms with Gasteiger partial charge in [0.25, 0.3) is 0 Å². The first-order valence-electron chi connectivity index (χ1n) is 7.52. The summed E-state index contributed by atoms with van der Waals surface area (Å²) in [5, 5.41) is 8.81. The molecule has 1 heterocycles. The van der Waals surface area contributed by atoms with Gasteiger partial charge in [0.05, 0.1) is 13.0 Å². The van der Waals surface area contributed by atoms with Crippen LogP contribution >= 0.6 is 0 Å². The van der Waals surface area contributed by atoms with Crippen molar-refractivity contribution in [2.24, 2.45) is 0 Å². The highest BCUT2D eigenvalue weighted by atomic mass is 16.4. The van der Waals surface area contributed by atoms with Gasteiger partial charge in [-0.3, -0.25) is 14.4 Å². The Morgan fingerprint density at radius 2 is 1.90 bits per heavy atom. The summed E-state index contributed by atoms with van der Waals surface area (Å²) in [7, 11) is 0. The number of hydrogen-bond acceptors (Lipinski definition) is 3. The molecule has 0 unspecified atom stereocenters. The molecule has 1 saturated heterocycles. The topological polar surface area (TPSA) is 77.9 Å². The summed E-state index contributed by atoms with van der Waals surface area (Å²) in [6, 6.07) is 0. The zero-order chi connectivity index (χ0) is 16.0. The fraction of sp³-hybridized carbons (Fsp3) is 0.800. The summed E-state index contributed by atoms with van der Waals surface area (Å²) in [6.45, 7) is 6.45. The summed E-state index contributed by atoms with van der Waals surface area (Å²) in [6.07, 6.45) is 3.22. The molecule has 6 nitrogen and oxygen atoms in total. The second kappa shape index (κ2) is 7.43. The van der Waals surface area contributed by atoms with Crippen LogP contribution in [0.15, 0.2) is 0 Å². The molecule has 0 aromatic carbocycles. The molecule has 0 aromatic rings. The van der Waals surface area contributed by atoms with Crippen LogP contribution in [0.3, 0.4) is 0 Å². The average molecular weight is 298 g/mol. The molecule has 0 radical (unpaired) electrons. The van der Waals surface area contributed by atoms with Crippen molar-refractivity contribution in [2.45, 2.75) is 58.4 Å². The second-order valence-corrected chi connectivity index (χ2v) is 6.49. The van der Waals surface area contributed by atoms with Crippen LogP contribution in [0.2, 0.25) is 0 Å². The lowest BCUT2D eigenvalue weighted by atomic mass is 10.1. The lowest BCUT2D eigenvalue weighted by molar-refractivity contribution is -0.145. The molecular formula is C15H26N2O4. The van der Waals surface area contributed by atoms with Crippen LogP contribution < -0.4 is 0 Å². The number of carboxylic acids is 1. The van der Waals surface area contributed by atoms with E-state index in [4.69, 9.17) is 5.11 Å². The predicted octanol–water partition coefficient (Wildman–Crippen LogP) is 1.49. The largest absolute Gasteiger partial charge is 0.481 e. The van der Waals surface area contributed by atoms with Gasteiger partial charge in [-0.25, -0.2) is 0 Å². The van der Waals surface area contributed by atoms with Gasteiger partial charge in [-0.05, 0) is 33.6 Å². The van der Waals surface area contributed by atoms with E-state index in [0.29, 0.717) is 13.0 Å². The minimum absolute atomic E-state index is 0.0212. The van der Waals surface area contributed by atoms with Crippen LogP contribution in [0.25, 0.3) is 0 Å². The van der Waals surface area contributed by atoms with E-state index < -0.39 is 11.5 Å². The number of likely N-dealkylation sites (tertiary alicyclic amines) is 1. The van der Waals surface area contributed by atoms with Crippen molar-refractivity contribution in [2.75, 3.05) is 19.6 Å². The Morgan fingerprint density at radius 1 is 1.24 bits per heavy atom. The molecular weight excluding hydrogens is 272 g/mol. The summed E-state index contributed by atoms with van der Waals surface area (Å²) < 4.78 is 0. The zero-order valence-electron chi connectivity index (χ0n) is 13.2. The first-order valence-corrected chi connectivity index (χ1v) is 7.52. The number of nitrogens with zero attached hydrogens (tertiary/aromatic N) is 2. The van der Waals surface area contributed by atoms with E-state index in [1.54, 1.807) is 9.80 Å². The Morgan fingerprint density at radius 3 is 2.48 bits per heavy atom. The van der Waals surface area contributed by atoms with Crippen LogP contribution in [0, 0.1) is 0 Å². The number of carbonyl (C=O) groups excluding carboxylic acids is 2. The number of hydrogen-bond donors (Lipinski definition) is 1. The summed E-state index contributed by atoms with van der Waals surface area (Å²) >= 11 is 0. The van der Waals surface area contributed by atoms with Crippen molar-refractivity contribution in [3.63, 3.8) is 0 Å². The van der Waals surface area contributed by atoms with Crippen LogP contribution in [-0.4, -0.2) is 57.9 Å². The van der Waals surface area contributed by atoms with Gasteiger partial charge in [0.2, 0.25) is 11.8 Å². The highest BCUT2D eigenvalue weighted by molar-refractivity contribution is 5.85. The number of aliphatic carboxylic acids is 1. The highest BCUT2D eigenvalue weighted by Crippen LogP contribution is 2.16. The van der Waals surface area contributed by atoms with Gasteiger partial charge in [-0.15, -0.1) is 0 Å². The molecule has 6 heteroatoms. The molecule has 21 heavy (non-hydrogen) atoms. The first-order chi connectivity index (χ1) is 9.71. The molecule has 1 aliphatic heterocycles. The third-order valence-electron chi connectivity index (χ3n) is 3.66. The maximum Gasteiger partial charge on any atom is 0.305 e. The minimum Gasteiger partial charge on any atom is -0.481 e. The molecule has 120 valence electrons. The molecule has 0 aliphatic carbocycles. The molecule has 1 rings (SSSR count). The smallest absolute Gasteiger partial charge is 0.305 e. The Labute approximate surface area is 126 Å². The van der Waals surface area contributed by atoms with E-state index in [1.807, 2.05) is 20.8 Å². The lowest BCUT2D eigenvalue weighted by Gasteiger charge is -2.37. The number of carboxylic acid groups (broad SMARTS) is 1. The van der Waals surface area contributed by atoms with Gasteiger partial charge < -0.3 is 14.9 Å². The van der Waals surface area contributed by atoms with E-state index in [1.165, 1.54) is 0 Å². The zero-order valence-corrected chi connectivity index (χ0v) is 13.2. The van der Waals surface area contributed by atoms with Gasteiger partial charge in [-0.1, -0.05) is 6.42 Å². The Bertz CT molecular complexity index is 401. The van der Waals surface area contributed by atoms with Crippen molar-refractivity contribution in [3.8, 4) is 0 Å². The van der Waals surface area contributed by atoms with Crippen LogP contribution in [0.5, 0.6) is 0 Å². The molecule has 1 fully saturated rings. The van der Waals surface area contributed by atoms with Gasteiger partial charge in [0.1, 0.15) is 0 Å². The van der Waals surface area contributed by atoms with Gasteiger partial charge in [0.15, 0.2) is 0 Å². The standard InChI is InChI=1S/C15H26N2O4/c1-15(2,3)17(10-8-14(20)21)13(19)11-16-9-6-4-5-7-12(16)18/h4-11H2,1-3H3,(H,20,21). The van der Waals surface area contributed by atoms with E-state index in [0.717, 1.165) is 19.3 Å². The monoisotopic (exact) mass is 298 g/mol. The van der Waals surface area contributed by atoms with Crippen LogP contribution in [0.1, 0.15) is 52.9 Å². The van der Waals surface area contributed by atoms with Gasteiger partial charge >= 0.3 is 5.97 Å². The Hall–Kier alpha value is -1.59. The summed E-state index contributed by atoms with van der Waals surface area (Å²) in [4.78, 5) is 38.3. The normalized spacial score (nSPS) is 16.5. The first kappa shape index (κ1) is 17.5. The lowest BCUT2D eigenvalue weighted by Crippen LogP contribution is -2.51. The van der Waals surface area contributed by atoms with Crippen LogP contribution in [-0.2, 0) is 14.4 Å². The van der Waals surface area contributed by atoms with Crippen molar-refractivity contribution in [1.29, 1.82) is 0 Å². The molecule has 2 amide bonds. The molecule has 1 aliphatic rings. The van der Waals surface area contributed by atoms with E-state index in [2.05, 4.69) is 0 Å². The average Bonchev–Trinajstić information content (AvgIpc) is 2.53. The highest BCUT2D eigenvalue weighted by Gasteiger charge is 2.29. The third kappa shape index (κ3) is 5.73. The maximum absolute atomic E-state index is 12.5. The van der Waals surface area contributed by atoms with Crippen molar-refractivity contribution in [3.05, 3.63) is 0 Å². The minimum atomic E-state index is -0.928. The van der Waals surface area contributed by atoms with Gasteiger partial charge in [0, 0.05) is 25.0 Å². The second-order valence-electron chi connectivity index (χ2n) is 6.49. The number of carbonyl (C=O) groups is 3. The van der Waals surface area contributed by atoms with E-state index >= 15 is 0 Å². The predicted molar refractivity (Wildman–Crippen MR) is 78.8 cm³/mol. The number of amides is 2. The van der Waals surface area contributed by atoms with Crippen molar-refractivity contribution >= 4 is 17.8 Å². The third-order valence-corrected chi connectivity index (χ3v) is 3.66. The molecule has 1 N–H and O–H groups in total. The quantitative estimate of drug-likeness (QED) is 0.834. The van der Waals surface area contributed by atoms with E-state index in [9.17, 15) is 14.4 Å². The Kier molecular flexibility index (Phi) is 6.18. The SMILES string of the molecule is CC(C)(C)N(CCC(=O)O)C(=O)CN1CCCCCC1=O. The molecule has 0 spiro atoms. The number of rotatable bonds is 5. The van der Waals surface area contributed by atoms with Crippen molar-refractivity contribution in [1.82, 2.24) is 9.80 Å². The Balaban J connectivity index is 2.70. The molecule has 0 aromatic heterocycles. The van der Waals surface area contributed by atoms with Crippen molar-refractivity contribution < 1.29 is 19.5 Å². The maximum atomic E-state index is 12.5. The summed E-state index contributed by atoms with van der Waals surface area (Å²) in [5.74, 6) is -1.09. The fourth-order valence-corrected chi connectivity index (χ4v) is 2.50. The summed E-state index contributed by atoms with van der Waals surface area (Å²) in [5.41, 5.74) is -0.457.